The van der Waals surface area contributed by atoms with Gasteiger partial charge in [0.25, 0.3) is 0 Å². The number of rotatable bonds is 7. The number of methoxy groups -OCH3 is 2. The van der Waals surface area contributed by atoms with Crippen LogP contribution in [0, 0.1) is 5.92 Å². The van der Waals surface area contributed by atoms with Crippen LogP contribution in [0.1, 0.15) is 38.7 Å². The second-order valence-corrected chi connectivity index (χ2v) is 4.83. The zero-order valence-corrected chi connectivity index (χ0v) is 11.5. The molecule has 0 bridgehead atoms. The maximum absolute atomic E-state index is 5.30. The van der Waals surface area contributed by atoms with E-state index >= 15 is 0 Å². The first-order chi connectivity index (χ1) is 8.17. The maximum Gasteiger partial charge on any atom is 0.160 e. The van der Waals surface area contributed by atoms with Gasteiger partial charge in [-0.2, -0.15) is 0 Å². The summed E-state index contributed by atoms with van der Waals surface area (Å²) in [5.41, 5.74) is 1.33. The van der Waals surface area contributed by atoms with E-state index in [0.29, 0.717) is 0 Å². The summed E-state index contributed by atoms with van der Waals surface area (Å²) in [6, 6.07) is 6.18. The Morgan fingerprint density at radius 1 is 1.00 bits per heavy atom. The Morgan fingerprint density at radius 3 is 2.29 bits per heavy atom. The molecule has 0 atom stereocenters. The molecule has 0 aromatic heterocycles. The molecule has 2 heteroatoms. The molecule has 96 valence electrons. The van der Waals surface area contributed by atoms with Crippen LogP contribution in [0.15, 0.2) is 18.2 Å². The van der Waals surface area contributed by atoms with Gasteiger partial charge in [0, 0.05) is 0 Å². The van der Waals surface area contributed by atoms with E-state index in [9.17, 15) is 0 Å². The average Bonchev–Trinajstić information content (AvgIpc) is 2.34. The Morgan fingerprint density at radius 2 is 1.71 bits per heavy atom. The maximum atomic E-state index is 5.30. The Bertz CT molecular complexity index is 332. The highest BCUT2D eigenvalue weighted by molar-refractivity contribution is 5.42. The molecule has 2 nitrogen and oxygen atoms in total. The summed E-state index contributed by atoms with van der Waals surface area (Å²) in [6.07, 6.45) is 4.97. The van der Waals surface area contributed by atoms with Gasteiger partial charge in [0.05, 0.1) is 14.2 Å². The van der Waals surface area contributed by atoms with Gasteiger partial charge in [0.2, 0.25) is 0 Å². The van der Waals surface area contributed by atoms with Gasteiger partial charge in [0.1, 0.15) is 0 Å². The summed E-state index contributed by atoms with van der Waals surface area (Å²) in [5, 5.41) is 0. The number of ether oxygens (including phenoxy) is 2. The lowest BCUT2D eigenvalue weighted by Crippen LogP contribution is -1.94. The third-order valence-corrected chi connectivity index (χ3v) is 2.94. The molecule has 0 radical (unpaired) electrons. The number of unbranched alkanes of at least 4 members (excludes halogenated alkanes) is 1. The lowest BCUT2D eigenvalue weighted by molar-refractivity contribution is 0.354. The molecule has 1 rings (SSSR count). The van der Waals surface area contributed by atoms with Crippen LogP contribution >= 0.6 is 0 Å². The monoisotopic (exact) mass is 236 g/mol. The van der Waals surface area contributed by atoms with Crippen LogP contribution in [-0.4, -0.2) is 14.2 Å². The van der Waals surface area contributed by atoms with Gasteiger partial charge >= 0.3 is 0 Å². The fraction of sp³-hybridized carbons (Fsp3) is 0.600. The van der Waals surface area contributed by atoms with Crippen LogP contribution in [0.5, 0.6) is 11.5 Å². The fourth-order valence-electron chi connectivity index (χ4n) is 1.92. The second kappa shape index (κ2) is 7.21. The molecule has 0 unspecified atom stereocenters. The van der Waals surface area contributed by atoms with Gasteiger partial charge in [-0.05, 0) is 36.5 Å². The minimum absolute atomic E-state index is 0.804. The molecule has 1 aromatic rings. The molecule has 0 fully saturated rings. The summed E-state index contributed by atoms with van der Waals surface area (Å²) in [5.74, 6) is 2.44. The van der Waals surface area contributed by atoms with Gasteiger partial charge in [-0.1, -0.05) is 32.8 Å². The Labute approximate surface area is 105 Å². The molecular weight excluding hydrogens is 212 g/mol. The summed E-state index contributed by atoms with van der Waals surface area (Å²) in [7, 11) is 3.35. The van der Waals surface area contributed by atoms with E-state index in [2.05, 4.69) is 26.0 Å². The van der Waals surface area contributed by atoms with Crippen molar-refractivity contribution < 1.29 is 9.47 Å². The molecular formula is C15H24O2. The molecule has 0 saturated carbocycles. The van der Waals surface area contributed by atoms with Crippen molar-refractivity contribution in [3.63, 3.8) is 0 Å². The third kappa shape index (κ3) is 4.68. The third-order valence-electron chi connectivity index (χ3n) is 2.94. The molecule has 0 N–H and O–H groups in total. The first kappa shape index (κ1) is 13.9. The first-order valence-electron chi connectivity index (χ1n) is 6.38. The van der Waals surface area contributed by atoms with Gasteiger partial charge in [-0.25, -0.2) is 0 Å². The van der Waals surface area contributed by atoms with E-state index < -0.39 is 0 Å². The highest BCUT2D eigenvalue weighted by Crippen LogP contribution is 2.28. The minimum atomic E-state index is 0.804. The lowest BCUT2D eigenvalue weighted by Gasteiger charge is -2.09. The highest BCUT2D eigenvalue weighted by atomic mass is 16.5. The van der Waals surface area contributed by atoms with Crippen molar-refractivity contribution in [2.24, 2.45) is 5.92 Å². The van der Waals surface area contributed by atoms with Crippen LogP contribution < -0.4 is 9.47 Å². The molecule has 0 saturated heterocycles. The van der Waals surface area contributed by atoms with E-state index in [1.54, 1.807) is 14.2 Å². The molecule has 17 heavy (non-hydrogen) atoms. The topological polar surface area (TPSA) is 18.5 Å². The van der Waals surface area contributed by atoms with Gasteiger partial charge in [0.15, 0.2) is 11.5 Å². The van der Waals surface area contributed by atoms with Gasteiger partial charge in [-0.15, -0.1) is 0 Å². The quantitative estimate of drug-likeness (QED) is 0.664. The highest BCUT2D eigenvalue weighted by Gasteiger charge is 2.04. The predicted octanol–water partition coefficient (Wildman–Crippen LogP) is 4.07. The molecule has 0 aliphatic carbocycles. The first-order valence-corrected chi connectivity index (χ1v) is 6.38. The van der Waals surface area contributed by atoms with Crippen LogP contribution in [-0.2, 0) is 6.42 Å². The normalized spacial score (nSPS) is 10.6. The number of benzene rings is 1. The average molecular weight is 236 g/mol. The van der Waals surface area contributed by atoms with Crippen molar-refractivity contribution in [2.45, 2.75) is 39.5 Å². The fourth-order valence-corrected chi connectivity index (χ4v) is 1.92. The van der Waals surface area contributed by atoms with E-state index in [-0.39, 0.29) is 0 Å². The number of aryl methyl sites for hydroxylation is 1. The number of hydrogen-bond donors (Lipinski definition) is 0. The predicted molar refractivity (Wildman–Crippen MR) is 71.9 cm³/mol. The van der Waals surface area contributed by atoms with E-state index in [4.69, 9.17) is 9.47 Å². The van der Waals surface area contributed by atoms with Crippen LogP contribution in [0.3, 0.4) is 0 Å². The largest absolute Gasteiger partial charge is 0.493 e. The Balaban J connectivity index is 2.48. The van der Waals surface area contributed by atoms with Gasteiger partial charge < -0.3 is 9.47 Å². The van der Waals surface area contributed by atoms with E-state index in [1.807, 2.05) is 6.07 Å². The lowest BCUT2D eigenvalue weighted by atomic mass is 10.0. The van der Waals surface area contributed by atoms with Crippen molar-refractivity contribution >= 4 is 0 Å². The SMILES string of the molecule is COc1ccc(CCCCC(C)C)cc1OC. The Hall–Kier alpha value is -1.18. The summed E-state index contributed by atoms with van der Waals surface area (Å²) >= 11 is 0. The zero-order valence-electron chi connectivity index (χ0n) is 11.5. The summed E-state index contributed by atoms with van der Waals surface area (Å²) < 4.78 is 10.5. The zero-order chi connectivity index (χ0) is 12.7. The Kier molecular flexibility index (Phi) is 5.88. The summed E-state index contributed by atoms with van der Waals surface area (Å²) in [4.78, 5) is 0. The van der Waals surface area contributed by atoms with Crippen LogP contribution in [0.25, 0.3) is 0 Å². The van der Waals surface area contributed by atoms with Gasteiger partial charge in [-0.3, -0.25) is 0 Å². The minimum Gasteiger partial charge on any atom is -0.493 e. The van der Waals surface area contributed by atoms with E-state index in [0.717, 1.165) is 23.8 Å². The molecule has 0 amide bonds. The van der Waals surface area contributed by atoms with Crippen LogP contribution in [0.2, 0.25) is 0 Å². The van der Waals surface area contributed by atoms with Crippen molar-refractivity contribution in [3.8, 4) is 11.5 Å². The molecule has 0 spiro atoms. The smallest absolute Gasteiger partial charge is 0.160 e. The standard InChI is InChI=1S/C15H24O2/c1-12(2)7-5-6-8-13-9-10-14(16-3)15(11-13)17-4/h9-12H,5-8H2,1-4H3. The van der Waals surface area contributed by atoms with Crippen molar-refractivity contribution in [1.82, 2.24) is 0 Å². The number of hydrogen-bond acceptors (Lipinski definition) is 2. The molecule has 0 aliphatic rings. The molecule has 1 aromatic carbocycles. The molecule has 0 aliphatic heterocycles. The van der Waals surface area contributed by atoms with E-state index in [1.165, 1.54) is 24.8 Å². The van der Waals surface area contributed by atoms with Crippen molar-refractivity contribution in [1.29, 1.82) is 0 Å². The van der Waals surface area contributed by atoms with Crippen LogP contribution in [0.4, 0.5) is 0 Å². The summed E-state index contributed by atoms with van der Waals surface area (Å²) in [6.45, 7) is 4.55. The van der Waals surface area contributed by atoms with Crippen molar-refractivity contribution in [3.05, 3.63) is 23.8 Å². The van der Waals surface area contributed by atoms with Crippen molar-refractivity contribution in [2.75, 3.05) is 14.2 Å². The second-order valence-electron chi connectivity index (χ2n) is 4.83. The molecule has 0 heterocycles.